The zero-order valence-electron chi connectivity index (χ0n) is 37.0. The summed E-state index contributed by atoms with van der Waals surface area (Å²) in [6, 6.07) is 60.6. The molecular weight excluding hydrogens is 821 g/mol. The Balaban J connectivity index is 1.05. The van der Waals surface area contributed by atoms with E-state index in [-0.39, 0.29) is 13.2 Å². The van der Waals surface area contributed by atoms with Crippen LogP contribution in [-0.4, -0.2) is 75.6 Å². The monoisotopic (exact) mass is 880 g/mol. The molecule has 6 aromatic rings. The smallest absolute Gasteiger partial charge is 0.186 e. The molecule has 0 aliphatic carbocycles. The largest absolute Gasteiger partial charge is 0.374 e. The van der Waals surface area contributed by atoms with E-state index in [2.05, 4.69) is 24.3 Å². The third kappa shape index (κ3) is 14.0. The molecule has 8 rings (SSSR count). The van der Waals surface area contributed by atoms with Crippen LogP contribution < -0.4 is 0 Å². The predicted molar refractivity (Wildman–Crippen MR) is 246 cm³/mol. The Morgan fingerprint density at radius 1 is 0.369 bits per heavy atom. The Hall–Kier alpha value is -5.08. The van der Waals surface area contributed by atoms with E-state index in [9.17, 15) is 0 Å². The Morgan fingerprint density at radius 3 is 1.18 bits per heavy atom. The summed E-state index contributed by atoms with van der Waals surface area (Å²) in [4.78, 5) is 0. The highest BCUT2D eigenvalue weighted by Crippen LogP contribution is 2.33. The van der Waals surface area contributed by atoms with Crippen molar-refractivity contribution in [2.24, 2.45) is 0 Å². The highest BCUT2D eigenvalue weighted by atomic mass is 16.7. The lowest BCUT2D eigenvalue weighted by atomic mass is 9.97. The number of rotatable bonds is 23. The Labute approximate surface area is 383 Å². The van der Waals surface area contributed by atoms with Crippen molar-refractivity contribution in [3.63, 3.8) is 0 Å². The molecule has 2 saturated heterocycles. The molecule has 2 aliphatic rings. The SMILES string of the molecule is CO[C@H]1O[C@H](COC2C[C@@H](OCc3ccccc3)[C@@H](OCc3ccccc3)[C@@H](COCc3ccccc3)O2)[C@@H](OCc2ccccc2)[C@H](OCc2ccccc2)[C@H]1OCc1ccccc1. The van der Waals surface area contributed by atoms with Crippen LogP contribution in [0.4, 0.5) is 0 Å². The van der Waals surface area contributed by atoms with E-state index in [0.29, 0.717) is 46.1 Å². The van der Waals surface area contributed by atoms with Crippen molar-refractivity contribution < 1.29 is 47.4 Å². The first-order valence-corrected chi connectivity index (χ1v) is 22.5. The van der Waals surface area contributed by atoms with Gasteiger partial charge in [0.15, 0.2) is 12.6 Å². The summed E-state index contributed by atoms with van der Waals surface area (Å²) in [5.41, 5.74) is 6.22. The number of hydrogen-bond donors (Lipinski definition) is 0. The minimum atomic E-state index is -0.797. The summed E-state index contributed by atoms with van der Waals surface area (Å²) >= 11 is 0. The average molecular weight is 881 g/mol. The van der Waals surface area contributed by atoms with E-state index in [4.69, 9.17) is 47.4 Å². The summed E-state index contributed by atoms with van der Waals surface area (Å²) in [7, 11) is 1.62. The van der Waals surface area contributed by atoms with Crippen LogP contribution in [0.1, 0.15) is 39.8 Å². The summed E-state index contributed by atoms with van der Waals surface area (Å²) < 4.78 is 66.6. The van der Waals surface area contributed by atoms with Gasteiger partial charge in [-0.3, -0.25) is 0 Å². The van der Waals surface area contributed by atoms with Gasteiger partial charge < -0.3 is 47.4 Å². The Morgan fingerprint density at radius 2 is 0.738 bits per heavy atom. The van der Waals surface area contributed by atoms with E-state index in [1.165, 1.54) is 0 Å². The van der Waals surface area contributed by atoms with Crippen molar-refractivity contribution in [3.05, 3.63) is 215 Å². The third-order valence-corrected chi connectivity index (χ3v) is 11.6. The van der Waals surface area contributed by atoms with Crippen LogP contribution in [0.25, 0.3) is 0 Å². The molecule has 10 nitrogen and oxygen atoms in total. The molecule has 0 spiro atoms. The van der Waals surface area contributed by atoms with Gasteiger partial charge in [-0.05, 0) is 33.4 Å². The molecule has 1 unspecified atom stereocenters. The van der Waals surface area contributed by atoms with Crippen LogP contribution in [0.3, 0.4) is 0 Å². The summed E-state index contributed by atoms with van der Waals surface area (Å²) in [5, 5.41) is 0. The van der Waals surface area contributed by atoms with Gasteiger partial charge in [0.05, 0.1) is 59.0 Å². The second kappa shape index (κ2) is 25.0. The number of hydrogen-bond acceptors (Lipinski definition) is 10. The molecule has 0 radical (unpaired) electrons. The van der Waals surface area contributed by atoms with E-state index in [1.807, 2.05) is 158 Å². The molecule has 0 N–H and O–H groups in total. The molecule has 2 fully saturated rings. The van der Waals surface area contributed by atoms with Crippen LogP contribution in [0.15, 0.2) is 182 Å². The lowest BCUT2D eigenvalue weighted by Crippen LogP contribution is -2.62. The third-order valence-electron chi connectivity index (χ3n) is 11.6. The highest BCUT2D eigenvalue weighted by molar-refractivity contribution is 5.18. The lowest BCUT2D eigenvalue weighted by molar-refractivity contribution is -0.334. The van der Waals surface area contributed by atoms with Crippen molar-refractivity contribution >= 4 is 0 Å². The van der Waals surface area contributed by atoms with Crippen LogP contribution >= 0.6 is 0 Å². The first-order valence-electron chi connectivity index (χ1n) is 22.5. The second-order valence-electron chi connectivity index (χ2n) is 16.3. The van der Waals surface area contributed by atoms with E-state index < -0.39 is 55.3 Å². The quantitative estimate of drug-likeness (QED) is 0.0620. The van der Waals surface area contributed by atoms with Crippen molar-refractivity contribution in [1.29, 1.82) is 0 Å². The zero-order valence-corrected chi connectivity index (χ0v) is 37.0. The van der Waals surface area contributed by atoms with Crippen LogP contribution in [0, 0.1) is 0 Å². The van der Waals surface area contributed by atoms with Gasteiger partial charge in [0, 0.05) is 13.5 Å². The fraction of sp³-hybridized carbons (Fsp3) is 0.345. The molecule has 0 saturated carbocycles. The van der Waals surface area contributed by atoms with Crippen molar-refractivity contribution in [2.45, 2.75) is 101 Å². The zero-order chi connectivity index (χ0) is 44.3. The predicted octanol–water partition coefficient (Wildman–Crippen LogP) is 9.63. The minimum Gasteiger partial charge on any atom is -0.374 e. The fourth-order valence-corrected chi connectivity index (χ4v) is 8.19. The normalized spacial score (nSPS) is 24.4. The van der Waals surface area contributed by atoms with Gasteiger partial charge in [-0.15, -0.1) is 0 Å². The molecule has 0 bridgehead atoms. The molecule has 0 amide bonds. The van der Waals surface area contributed by atoms with Gasteiger partial charge in [0.25, 0.3) is 0 Å². The first kappa shape index (κ1) is 46.4. The number of benzene rings is 6. The van der Waals surface area contributed by atoms with E-state index in [1.54, 1.807) is 7.11 Å². The van der Waals surface area contributed by atoms with Crippen molar-refractivity contribution in [2.75, 3.05) is 20.3 Å². The molecule has 2 aliphatic heterocycles. The molecule has 65 heavy (non-hydrogen) atoms. The summed E-state index contributed by atoms with van der Waals surface area (Å²) in [6.45, 7) is 2.51. The van der Waals surface area contributed by atoms with Crippen molar-refractivity contribution in [1.82, 2.24) is 0 Å². The van der Waals surface area contributed by atoms with Gasteiger partial charge >= 0.3 is 0 Å². The lowest BCUT2D eigenvalue weighted by Gasteiger charge is -2.46. The van der Waals surface area contributed by atoms with Gasteiger partial charge in [0.2, 0.25) is 0 Å². The van der Waals surface area contributed by atoms with Gasteiger partial charge in [-0.25, -0.2) is 0 Å². The van der Waals surface area contributed by atoms with Gasteiger partial charge in [-0.1, -0.05) is 182 Å². The summed E-state index contributed by atoms with van der Waals surface area (Å²) in [5.74, 6) is 0. The summed E-state index contributed by atoms with van der Waals surface area (Å²) in [6.07, 6.45) is -5.02. The number of methoxy groups -OCH3 is 1. The Kier molecular flexibility index (Phi) is 17.9. The molecule has 340 valence electrons. The molecular formula is C55H60O10. The van der Waals surface area contributed by atoms with Crippen LogP contribution in [0.5, 0.6) is 0 Å². The van der Waals surface area contributed by atoms with Gasteiger partial charge in [0.1, 0.15) is 36.6 Å². The molecule has 10 heteroatoms. The minimum absolute atomic E-state index is 0.0964. The first-order chi connectivity index (χ1) is 32.2. The maximum absolute atomic E-state index is 6.84. The van der Waals surface area contributed by atoms with Gasteiger partial charge in [-0.2, -0.15) is 0 Å². The standard InChI is InChI=1S/C55H60O10/c1-56-55-54(63-38-46-30-18-7-19-31-46)53(62-37-45-28-16-6-17-29-45)52(61-36-44-26-14-5-15-27-44)49(65-55)40-59-50-32-47(58-34-42-22-10-3-11-23-42)51(60-35-43-24-12-4-13-25-43)48(64-50)39-57-33-41-20-8-2-9-21-41/h2-31,47-55H,32-40H2,1H3/t47-,48-,49-,50?,51-,52-,53+,54-,55+/m1/s1. The maximum Gasteiger partial charge on any atom is 0.186 e. The second-order valence-corrected chi connectivity index (χ2v) is 16.3. The topological polar surface area (TPSA) is 92.3 Å². The molecule has 2 heterocycles. The van der Waals surface area contributed by atoms with Crippen molar-refractivity contribution in [3.8, 4) is 0 Å². The fourth-order valence-electron chi connectivity index (χ4n) is 8.19. The number of ether oxygens (including phenoxy) is 10. The van der Waals surface area contributed by atoms with Crippen LogP contribution in [-0.2, 0) is 87.0 Å². The maximum atomic E-state index is 6.84. The van der Waals surface area contributed by atoms with Crippen LogP contribution in [0.2, 0.25) is 0 Å². The molecule has 6 aromatic carbocycles. The Bertz CT molecular complexity index is 2190. The average Bonchev–Trinajstić information content (AvgIpc) is 3.37. The molecule has 0 aromatic heterocycles. The molecule has 9 atom stereocenters. The highest BCUT2D eigenvalue weighted by Gasteiger charge is 2.50. The van der Waals surface area contributed by atoms with E-state index in [0.717, 1.165) is 33.4 Å². The van der Waals surface area contributed by atoms with E-state index >= 15 is 0 Å².